The molecule has 1 atom stereocenters. The van der Waals surface area contributed by atoms with Gasteiger partial charge < -0.3 is 15.0 Å². The molecular formula is C14H18N2O2. The van der Waals surface area contributed by atoms with Gasteiger partial charge in [-0.1, -0.05) is 12.1 Å². The second kappa shape index (κ2) is 4.88. The molecule has 4 heteroatoms. The van der Waals surface area contributed by atoms with Gasteiger partial charge in [-0.05, 0) is 30.5 Å². The lowest BCUT2D eigenvalue weighted by Gasteiger charge is -2.24. The number of amides is 1. The maximum atomic E-state index is 11.2. The molecule has 4 nitrogen and oxygen atoms in total. The number of anilines is 1. The average Bonchev–Trinajstić information content (AvgIpc) is 2.93. The van der Waals surface area contributed by atoms with Crippen molar-refractivity contribution in [2.75, 3.05) is 24.6 Å². The number of nitrogens with one attached hydrogen (secondary N) is 1. The largest absolute Gasteiger partial charge is 0.449 e. The number of nitrogens with zero attached hydrogens (tertiary/aromatic N) is 1. The highest BCUT2D eigenvalue weighted by molar-refractivity contribution is 5.68. The topological polar surface area (TPSA) is 41.6 Å². The van der Waals surface area contributed by atoms with Gasteiger partial charge in [0.1, 0.15) is 0 Å². The molecule has 18 heavy (non-hydrogen) atoms. The van der Waals surface area contributed by atoms with Crippen LogP contribution in [0.15, 0.2) is 24.3 Å². The summed E-state index contributed by atoms with van der Waals surface area (Å²) in [5, 5.41) is 2.85. The fraction of sp³-hybridized carbons (Fsp3) is 0.500. The van der Waals surface area contributed by atoms with E-state index in [-0.39, 0.29) is 12.1 Å². The van der Waals surface area contributed by atoms with Crippen molar-refractivity contribution in [2.24, 2.45) is 0 Å². The summed E-state index contributed by atoms with van der Waals surface area (Å²) in [4.78, 5) is 13.6. The first kappa shape index (κ1) is 11.4. The Kier molecular flexibility index (Phi) is 3.09. The highest BCUT2D eigenvalue weighted by Gasteiger charge is 2.21. The van der Waals surface area contributed by atoms with Crippen molar-refractivity contribution in [3.63, 3.8) is 0 Å². The van der Waals surface area contributed by atoms with Gasteiger partial charge in [-0.15, -0.1) is 0 Å². The molecule has 3 rings (SSSR count). The molecule has 0 spiro atoms. The van der Waals surface area contributed by atoms with E-state index in [2.05, 4.69) is 34.5 Å². The minimum atomic E-state index is -0.310. The number of alkyl carbamates (subject to hydrolysis) is 1. The highest BCUT2D eigenvalue weighted by atomic mass is 16.5. The Morgan fingerprint density at radius 2 is 1.89 bits per heavy atom. The molecule has 2 heterocycles. The van der Waals surface area contributed by atoms with Crippen molar-refractivity contribution in [1.29, 1.82) is 0 Å². The molecule has 0 aromatic heterocycles. The first-order valence-corrected chi connectivity index (χ1v) is 6.61. The van der Waals surface area contributed by atoms with Crippen LogP contribution in [0.3, 0.4) is 0 Å². The molecule has 1 aromatic carbocycles. The summed E-state index contributed by atoms with van der Waals surface area (Å²) in [5.74, 6) is 0. The van der Waals surface area contributed by atoms with Crippen LogP contribution in [0.4, 0.5) is 10.5 Å². The van der Waals surface area contributed by atoms with Gasteiger partial charge >= 0.3 is 6.09 Å². The molecule has 2 saturated heterocycles. The first-order chi connectivity index (χ1) is 8.83. The molecule has 0 unspecified atom stereocenters. The summed E-state index contributed by atoms with van der Waals surface area (Å²) in [7, 11) is 0. The Labute approximate surface area is 107 Å². The van der Waals surface area contributed by atoms with Gasteiger partial charge in [-0.2, -0.15) is 0 Å². The zero-order valence-electron chi connectivity index (χ0n) is 10.4. The predicted molar refractivity (Wildman–Crippen MR) is 69.7 cm³/mol. The van der Waals surface area contributed by atoms with Crippen LogP contribution in [0.2, 0.25) is 0 Å². The summed E-state index contributed by atoms with van der Waals surface area (Å²) in [6.45, 7) is 2.82. The minimum absolute atomic E-state index is 0.0962. The van der Waals surface area contributed by atoms with Gasteiger partial charge in [0.25, 0.3) is 0 Å². The molecule has 1 aromatic rings. The molecule has 2 aliphatic heterocycles. The number of carbonyl (C=O) groups is 1. The molecule has 96 valence electrons. The molecule has 0 aliphatic carbocycles. The van der Waals surface area contributed by atoms with Crippen molar-refractivity contribution in [1.82, 2.24) is 5.32 Å². The van der Waals surface area contributed by atoms with Crippen LogP contribution in [-0.2, 0) is 4.74 Å². The lowest BCUT2D eigenvalue weighted by Crippen LogP contribution is -2.35. The predicted octanol–water partition coefficient (Wildman–Crippen LogP) is 2.46. The van der Waals surface area contributed by atoms with Gasteiger partial charge in [-0.25, -0.2) is 4.79 Å². The summed E-state index contributed by atoms with van der Waals surface area (Å²) in [6.07, 6.45) is 3.11. The maximum absolute atomic E-state index is 11.2. The fourth-order valence-corrected chi connectivity index (χ4v) is 2.67. The van der Waals surface area contributed by atoms with Crippen molar-refractivity contribution in [2.45, 2.75) is 25.3 Å². The van der Waals surface area contributed by atoms with Crippen LogP contribution < -0.4 is 10.2 Å². The molecule has 2 fully saturated rings. The number of carbonyl (C=O) groups excluding carboxylic acids is 1. The van der Waals surface area contributed by atoms with Crippen LogP contribution in [0.1, 0.15) is 30.9 Å². The lowest BCUT2D eigenvalue weighted by atomic mass is 10.0. The van der Waals surface area contributed by atoms with Crippen LogP contribution in [0.5, 0.6) is 0 Å². The van der Waals surface area contributed by atoms with Crippen LogP contribution in [0, 0.1) is 0 Å². The third-order valence-corrected chi connectivity index (χ3v) is 3.70. The third-order valence-electron chi connectivity index (χ3n) is 3.70. The Morgan fingerprint density at radius 3 is 2.56 bits per heavy atom. The van der Waals surface area contributed by atoms with E-state index < -0.39 is 0 Å². The number of ether oxygens (including phenoxy) is 1. The van der Waals surface area contributed by atoms with Crippen molar-refractivity contribution >= 4 is 11.8 Å². The second-order valence-electron chi connectivity index (χ2n) is 4.91. The normalized spacial score (nSPS) is 23.7. The maximum Gasteiger partial charge on any atom is 0.407 e. The standard InChI is InChI=1S/C14H18N2O2/c17-14-15-13(7-10-18-14)11-3-5-12(6-4-11)16-8-1-2-9-16/h3-6,13H,1-2,7-10H2,(H,15,17)/t13-/m0/s1. The first-order valence-electron chi connectivity index (χ1n) is 6.61. The van der Waals surface area contributed by atoms with Crippen molar-refractivity contribution < 1.29 is 9.53 Å². The number of cyclic esters (lactones) is 1. The number of hydrogen-bond acceptors (Lipinski definition) is 3. The Morgan fingerprint density at radius 1 is 1.17 bits per heavy atom. The van der Waals surface area contributed by atoms with E-state index in [0.29, 0.717) is 6.61 Å². The zero-order valence-corrected chi connectivity index (χ0v) is 10.4. The van der Waals surface area contributed by atoms with E-state index >= 15 is 0 Å². The average molecular weight is 246 g/mol. The second-order valence-corrected chi connectivity index (χ2v) is 4.91. The van der Waals surface area contributed by atoms with E-state index in [1.807, 2.05) is 0 Å². The SMILES string of the molecule is O=C1N[C@H](c2ccc(N3CCCC3)cc2)CCO1. The van der Waals surface area contributed by atoms with Gasteiger partial charge in [0.15, 0.2) is 0 Å². The molecule has 2 aliphatic rings. The molecule has 0 bridgehead atoms. The van der Waals surface area contributed by atoms with E-state index in [0.717, 1.165) is 25.1 Å². The van der Waals surface area contributed by atoms with Crippen LogP contribution in [0.25, 0.3) is 0 Å². The lowest BCUT2D eigenvalue weighted by molar-refractivity contribution is 0.115. The minimum Gasteiger partial charge on any atom is -0.449 e. The Bertz CT molecular complexity index is 424. The number of hydrogen-bond donors (Lipinski definition) is 1. The van der Waals surface area contributed by atoms with Crippen molar-refractivity contribution in [3.05, 3.63) is 29.8 Å². The molecule has 1 N–H and O–H groups in total. The van der Waals surface area contributed by atoms with Crippen LogP contribution in [-0.4, -0.2) is 25.8 Å². The van der Waals surface area contributed by atoms with Gasteiger partial charge in [0.2, 0.25) is 0 Å². The number of rotatable bonds is 2. The summed E-state index contributed by atoms with van der Waals surface area (Å²) < 4.78 is 4.88. The quantitative estimate of drug-likeness (QED) is 0.871. The van der Waals surface area contributed by atoms with Gasteiger partial charge in [-0.3, -0.25) is 0 Å². The Hall–Kier alpha value is -1.71. The molecule has 1 amide bonds. The smallest absolute Gasteiger partial charge is 0.407 e. The van der Waals surface area contributed by atoms with Crippen LogP contribution >= 0.6 is 0 Å². The molecule has 0 saturated carbocycles. The third kappa shape index (κ3) is 2.28. The molecular weight excluding hydrogens is 228 g/mol. The number of benzene rings is 1. The highest BCUT2D eigenvalue weighted by Crippen LogP contribution is 2.25. The fourth-order valence-electron chi connectivity index (χ4n) is 2.67. The summed E-state index contributed by atoms with van der Waals surface area (Å²) in [6, 6.07) is 8.64. The van der Waals surface area contributed by atoms with E-state index in [1.54, 1.807) is 0 Å². The van der Waals surface area contributed by atoms with Gasteiger partial charge in [0, 0.05) is 25.2 Å². The summed E-state index contributed by atoms with van der Waals surface area (Å²) in [5.41, 5.74) is 2.45. The van der Waals surface area contributed by atoms with Crippen molar-refractivity contribution in [3.8, 4) is 0 Å². The monoisotopic (exact) mass is 246 g/mol. The van der Waals surface area contributed by atoms with E-state index in [9.17, 15) is 4.79 Å². The summed E-state index contributed by atoms with van der Waals surface area (Å²) >= 11 is 0. The van der Waals surface area contributed by atoms with Gasteiger partial charge in [0.05, 0.1) is 12.6 Å². The van der Waals surface area contributed by atoms with E-state index in [1.165, 1.54) is 18.5 Å². The Balaban J connectivity index is 1.71. The van der Waals surface area contributed by atoms with E-state index in [4.69, 9.17) is 4.74 Å². The molecule has 0 radical (unpaired) electrons. The zero-order chi connectivity index (χ0) is 12.4.